The van der Waals surface area contributed by atoms with Crippen molar-refractivity contribution in [3.05, 3.63) is 36.8 Å². The van der Waals surface area contributed by atoms with Gasteiger partial charge in [-0.3, -0.25) is 15.2 Å². The highest BCUT2D eigenvalue weighted by Gasteiger charge is 2.12. The molecule has 0 atom stereocenters. The summed E-state index contributed by atoms with van der Waals surface area (Å²) < 4.78 is 0. The Morgan fingerprint density at radius 1 is 1.00 bits per heavy atom. The first-order valence-corrected chi connectivity index (χ1v) is 5.77. The molecule has 19 heavy (non-hydrogen) atoms. The van der Waals surface area contributed by atoms with Crippen LogP contribution in [0.3, 0.4) is 0 Å². The zero-order chi connectivity index (χ0) is 12.8. The summed E-state index contributed by atoms with van der Waals surface area (Å²) in [5.41, 5.74) is 3.25. The summed E-state index contributed by atoms with van der Waals surface area (Å²) in [5.74, 6) is 0.117. The van der Waals surface area contributed by atoms with E-state index in [9.17, 15) is 5.11 Å². The molecule has 92 valence electrons. The second-order valence-electron chi connectivity index (χ2n) is 4.33. The SMILES string of the molecule is Oc1cncc2[nH]nc(-c3ccc4cn[nH]c4c3)c12. The van der Waals surface area contributed by atoms with Crippen LogP contribution in [0.1, 0.15) is 0 Å². The van der Waals surface area contributed by atoms with Gasteiger partial charge in [0, 0.05) is 10.9 Å². The van der Waals surface area contributed by atoms with E-state index in [1.807, 2.05) is 18.2 Å². The van der Waals surface area contributed by atoms with Crippen LogP contribution in [0.5, 0.6) is 5.75 Å². The third-order valence-corrected chi connectivity index (χ3v) is 3.17. The zero-order valence-corrected chi connectivity index (χ0v) is 9.75. The predicted octanol–water partition coefficient (Wildman–Crippen LogP) is 2.21. The molecule has 0 bridgehead atoms. The first-order valence-electron chi connectivity index (χ1n) is 5.77. The number of aromatic hydroxyl groups is 1. The van der Waals surface area contributed by atoms with Gasteiger partial charge in [-0.1, -0.05) is 12.1 Å². The van der Waals surface area contributed by atoms with Gasteiger partial charge in [-0.05, 0) is 6.07 Å². The number of hydrogen-bond acceptors (Lipinski definition) is 4. The van der Waals surface area contributed by atoms with Gasteiger partial charge in [-0.2, -0.15) is 10.2 Å². The Kier molecular flexibility index (Phi) is 1.88. The minimum atomic E-state index is 0.117. The van der Waals surface area contributed by atoms with E-state index in [4.69, 9.17) is 0 Å². The fraction of sp³-hybridized carbons (Fsp3) is 0. The highest BCUT2D eigenvalue weighted by atomic mass is 16.3. The number of H-pyrrole nitrogens is 2. The molecule has 0 aliphatic heterocycles. The maximum absolute atomic E-state index is 9.93. The Labute approximate surface area is 107 Å². The number of nitrogens with zero attached hydrogens (tertiary/aromatic N) is 3. The maximum atomic E-state index is 9.93. The quantitative estimate of drug-likeness (QED) is 0.483. The normalized spacial score (nSPS) is 11.4. The number of aromatic nitrogens is 5. The number of pyridine rings is 1. The molecule has 0 fully saturated rings. The third kappa shape index (κ3) is 1.40. The van der Waals surface area contributed by atoms with E-state index >= 15 is 0 Å². The minimum Gasteiger partial charge on any atom is -0.506 e. The Bertz CT molecular complexity index is 892. The molecule has 0 unspecified atom stereocenters. The fourth-order valence-electron chi connectivity index (χ4n) is 2.25. The van der Waals surface area contributed by atoms with Crippen LogP contribution >= 0.6 is 0 Å². The number of aromatic amines is 2. The van der Waals surface area contributed by atoms with Crippen LogP contribution in [0.15, 0.2) is 36.8 Å². The number of rotatable bonds is 1. The monoisotopic (exact) mass is 251 g/mol. The lowest BCUT2D eigenvalue weighted by Crippen LogP contribution is -1.80. The predicted molar refractivity (Wildman–Crippen MR) is 70.6 cm³/mol. The van der Waals surface area contributed by atoms with Gasteiger partial charge < -0.3 is 5.11 Å². The van der Waals surface area contributed by atoms with E-state index in [0.29, 0.717) is 16.6 Å². The van der Waals surface area contributed by atoms with Crippen molar-refractivity contribution in [2.45, 2.75) is 0 Å². The summed E-state index contributed by atoms with van der Waals surface area (Å²) in [5, 5.41) is 25.7. The largest absolute Gasteiger partial charge is 0.506 e. The molecule has 4 aromatic rings. The molecule has 0 saturated carbocycles. The molecule has 0 aliphatic rings. The first kappa shape index (κ1) is 10.1. The topological polar surface area (TPSA) is 90.5 Å². The number of fused-ring (bicyclic) bond motifs is 2. The molecular formula is C13H9N5O. The number of hydrogen-bond donors (Lipinski definition) is 3. The van der Waals surface area contributed by atoms with E-state index in [2.05, 4.69) is 25.4 Å². The van der Waals surface area contributed by atoms with E-state index in [0.717, 1.165) is 16.5 Å². The summed E-state index contributed by atoms with van der Waals surface area (Å²) in [7, 11) is 0. The van der Waals surface area contributed by atoms with Crippen molar-refractivity contribution in [1.82, 2.24) is 25.4 Å². The van der Waals surface area contributed by atoms with Crippen molar-refractivity contribution >= 4 is 21.8 Å². The van der Waals surface area contributed by atoms with Crippen LogP contribution in [0.25, 0.3) is 33.1 Å². The average molecular weight is 251 g/mol. The van der Waals surface area contributed by atoms with Gasteiger partial charge in [0.25, 0.3) is 0 Å². The van der Waals surface area contributed by atoms with E-state index in [1.165, 1.54) is 6.20 Å². The lowest BCUT2D eigenvalue weighted by molar-refractivity contribution is 0.479. The third-order valence-electron chi connectivity index (χ3n) is 3.17. The van der Waals surface area contributed by atoms with Crippen molar-refractivity contribution in [2.24, 2.45) is 0 Å². The smallest absolute Gasteiger partial charge is 0.145 e. The number of benzene rings is 1. The van der Waals surface area contributed by atoms with Crippen LogP contribution in [-0.2, 0) is 0 Å². The van der Waals surface area contributed by atoms with E-state index < -0.39 is 0 Å². The lowest BCUT2D eigenvalue weighted by Gasteiger charge is -1.99. The van der Waals surface area contributed by atoms with Gasteiger partial charge >= 0.3 is 0 Å². The molecule has 0 spiro atoms. The highest BCUT2D eigenvalue weighted by molar-refractivity contribution is 5.98. The Morgan fingerprint density at radius 3 is 2.89 bits per heavy atom. The molecule has 4 rings (SSSR count). The van der Waals surface area contributed by atoms with Crippen LogP contribution in [-0.4, -0.2) is 30.5 Å². The average Bonchev–Trinajstić information content (AvgIpc) is 3.04. The van der Waals surface area contributed by atoms with E-state index in [1.54, 1.807) is 12.4 Å². The van der Waals surface area contributed by atoms with Crippen LogP contribution in [0.2, 0.25) is 0 Å². The molecule has 6 heteroatoms. The van der Waals surface area contributed by atoms with Gasteiger partial charge in [-0.25, -0.2) is 0 Å². The van der Waals surface area contributed by atoms with Crippen molar-refractivity contribution in [1.29, 1.82) is 0 Å². The second kappa shape index (κ2) is 3.55. The van der Waals surface area contributed by atoms with Crippen molar-refractivity contribution in [2.75, 3.05) is 0 Å². The van der Waals surface area contributed by atoms with E-state index in [-0.39, 0.29) is 5.75 Å². The van der Waals surface area contributed by atoms with Gasteiger partial charge in [0.1, 0.15) is 11.4 Å². The molecule has 0 aliphatic carbocycles. The summed E-state index contributed by atoms with van der Waals surface area (Å²) in [4.78, 5) is 3.92. The van der Waals surface area contributed by atoms with Crippen molar-refractivity contribution in [3.8, 4) is 17.0 Å². The molecule has 0 saturated heterocycles. The molecule has 0 radical (unpaired) electrons. The second-order valence-corrected chi connectivity index (χ2v) is 4.33. The zero-order valence-electron chi connectivity index (χ0n) is 9.75. The molecule has 1 aromatic carbocycles. The van der Waals surface area contributed by atoms with Gasteiger partial charge in [0.15, 0.2) is 0 Å². The van der Waals surface area contributed by atoms with Crippen LogP contribution < -0.4 is 0 Å². The molecule has 3 N–H and O–H groups in total. The summed E-state index contributed by atoms with van der Waals surface area (Å²) >= 11 is 0. The summed E-state index contributed by atoms with van der Waals surface area (Å²) in [6.07, 6.45) is 4.82. The summed E-state index contributed by atoms with van der Waals surface area (Å²) in [6, 6.07) is 5.87. The molecule has 3 heterocycles. The summed E-state index contributed by atoms with van der Waals surface area (Å²) in [6.45, 7) is 0. The van der Waals surface area contributed by atoms with Gasteiger partial charge in [-0.15, -0.1) is 0 Å². The Hall–Kier alpha value is -2.89. The Balaban J connectivity index is 2.03. The van der Waals surface area contributed by atoms with Gasteiger partial charge in [0.05, 0.1) is 35.0 Å². The highest BCUT2D eigenvalue weighted by Crippen LogP contribution is 2.32. The fourth-order valence-corrected chi connectivity index (χ4v) is 2.25. The molecule has 3 aromatic heterocycles. The van der Waals surface area contributed by atoms with Crippen LogP contribution in [0, 0.1) is 0 Å². The van der Waals surface area contributed by atoms with Gasteiger partial charge in [0.2, 0.25) is 0 Å². The molecular weight excluding hydrogens is 242 g/mol. The maximum Gasteiger partial charge on any atom is 0.145 e. The molecule has 6 nitrogen and oxygen atoms in total. The van der Waals surface area contributed by atoms with Crippen LogP contribution in [0.4, 0.5) is 0 Å². The Morgan fingerprint density at radius 2 is 1.95 bits per heavy atom. The van der Waals surface area contributed by atoms with Crippen molar-refractivity contribution in [3.63, 3.8) is 0 Å². The minimum absolute atomic E-state index is 0.117. The standard InChI is InChI=1S/C13H9N5O/c19-11-6-14-5-10-12(11)13(18-17-10)7-1-2-8-4-15-16-9(8)3-7/h1-6,19H,(H,15,16)(H,17,18). The lowest BCUT2D eigenvalue weighted by atomic mass is 10.1. The first-order chi connectivity index (χ1) is 9.33. The number of nitrogens with one attached hydrogen (secondary N) is 2. The van der Waals surface area contributed by atoms with Crippen molar-refractivity contribution < 1.29 is 5.11 Å². The molecule has 0 amide bonds.